The highest BCUT2D eigenvalue weighted by molar-refractivity contribution is 9.10. The zero-order chi connectivity index (χ0) is 16.4. The second-order valence-corrected chi connectivity index (χ2v) is 5.41. The number of rotatable bonds is 0. The first-order chi connectivity index (χ1) is 11.0. The van der Waals surface area contributed by atoms with Crippen LogP contribution >= 0.6 is 15.9 Å². The van der Waals surface area contributed by atoms with Crippen LogP contribution in [-0.4, -0.2) is 9.97 Å². The second-order valence-electron chi connectivity index (χ2n) is 4.49. The van der Waals surface area contributed by atoms with Gasteiger partial charge in [0, 0.05) is 10.5 Å². The summed E-state index contributed by atoms with van der Waals surface area (Å²) in [5.74, 6) is -0.918. The van der Waals surface area contributed by atoms with Crippen LogP contribution in [0.2, 0.25) is 0 Å². The van der Waals surface area contributed by atoms with Crippen LogP contribution in [0.3, 0.4) is 0 Å². The molecule has 0 atom stereocenters. The number of H-pyrrole nitrogens is 2. The summed E-state index contributed by atoms with van der Waals surface area (Å²) in [4.78, 5) is 26.4. The van der Waals surface area contributed by atoms with Crippen LogP contribution in [0.5, 0.6) is 0 Å². The number of oxazole rings is 2. The van der Waals surface area contributed by atoms with Crippen LogP contribution in [0.1, 0.15) is 5.56 Å². The van der Waals surface area contributed by atoms with E-state index in [1.807, 2.05) is 12.1 Å². The number of aromatic nitrogens is 2. The molecule has 0 radical (unpaired) electrons. The fraction of sp³-hybridized carbons (Fsp3) is 0. The maximum atomic E-state index is 10.7. The molecule has 2 N–H and O–H groups in total. The highest BCUT2D eigenvalue weighted by atomic mass is 79.9. The van der Waals surface area contributed by atoms with Crippen LogP contribution in [0.4, 0.5) is 0 Å². The SMILES string of the molecule is N#Cc1ccc2[nH]c(=O)oc2c1.O=c1[nH]c2ccc(Br)cc2o1. The molecule has 2 heterocycles. The molecule has 8 heteroatoms. The third kappa shape index (κ3) is 3.25. The molecule has 0 spiro atoms. The lowest BCUT2D eigenvalue weighted by molar-refractivity contribution is 0.555. The van der Waals surface area contributed by atoms with Gasteiger partial charge in [0.1, 0.15) is 0 Å². The van der Waals surface area contributed by atoms with Gasteiger partial charge in [-0.15, -0.1) is 0 Å². The van der Waals surface area contributed by atoms with Crippen molar-refractivity contribution in [3.63, 3.8) is 0 Å². The van der Waals surface area contributed by atoms with Gasteiger partial charge in [-0.25, -0.2) is 9.59 Å². The Labute approximate surface area is 136 Å². The maximum absolute atomic E-state index is 10.7. The number of fused-ring (bicyclic) bond motifs is 2. The number of benzene rings is 2. The van der Waals surface area contributed by atoms with Gasteiger partial charge >= 0.3 is 11.5 Å². The predicted molar refractivity (Wildman–Crippen MR) is 86.1 cm³/mol. The molecular formula is C15H8BrN3O4. The van der Waals surface area contributed by atoms with Gasteiger partial charge in [0.15, 0.2) is 11.2 Å². The summed E-state index contributed by atoms with van der Waals surface area (Å²) in [6.45, 7) is 0. The summed E-state index contributed by atoms with van der Waals surface area (Å²) in [5.41, 5.74) is 2.80. The number of hydrogen-bond acceptors (Lipinski definition) is 5. The largest absolute Gasteiger partial charge is 0.417 e. The summed E-state index contributed by atoms with van der Waals surface area (Å²) < 4.78 is 10.5. The van der Waals surface area contributed by atoms with Crippen molar-refractivity contribution in [3.05, 3.63) is 67.5 Å². The Morgan fingerprint density at radius 1 is 0.913 bits per heavy atom. The number of nitrogens with zero attached hydrogens (tertiary/aromatic N) is 1. The van der Waals surface area contributed by atoms with E-state index in [9.17, 15) is 9.59 Å². The van der Waals surface area contributed by atoms with Crippen molar-refractivity contribution in [3.8, 4) is 6.07 Å². The highest BCUT2D eigenvalue weighted by Crippen LogP contribution is 2.16. The third-order valence-corrected chi connectivity index (χ3v) is 3.43. The second kappa shape index (κ2) is 5.98. The minimum Gasteiger partial charge on any atom is -0.408 e. The number of halogens is 1. The molecule has 0 bridgehead atoms. The van der Waals surface area contributed by atoms with Gasteiger partial charge in [0.2, 0.25) is 0 Å². The summed E-state index contributed by atoms with van der Waals surface area (Å²) in [6.07, 6.45) is 0. The Bertz CT molecular complexity index is 1140. The van der Waals surface area contributed by atoms with Crippen LogP contribution in [-0.2, 0) is 0 Å². The van der Waals surface area contributed by atoms with Gasteiger partial charge < -0.3 is 8.83 Å². The Morgan fingerprint density at radius 2 is 1.48 bits per heavy atom. The molecule has 0 unspecified atom stereocenters. The van der Waals surface area contributed by atoms with Gasteiger partial charge in [-0.1, -0.05) is 15.9 Å². The Hall–Kier alpha value is -3.05. The molecule has 0 saturated heterocycles. The number of hydrogen-bond donors (Lipinski definition) is 2. The van der Waals surface area contributed by atoms with E-state index in [4.69, 9.17) is 14.1 Å². The zero-order valence-corrected chi connectivity index (χ0v) is 13.0. The minimum atomic E-state index is -0.500. The topological polar surface area (TPSA) is 116 Å². The van der Waals surface area contributed by atoms with Gasteiger partial charge in [0.25, 0.3) is 0 Å². The molecule has 114 valence electrons. The molecule has 4 rings (SSSR count). The predicted octanol–water partition coefficient (Wildman–Crippen LogP) is 2.88. The van der Waals surface area contributed by atoms with Gasteiger partial charge in [-0.3, -0.25) is 9.97 Å². The summed E-state index contributed by atoms with van der Waals surface area (Å²) >= 11 is 3.27. The minimum absolute atomic E-state index is 0.416. The van der Waals surface area contributed by atoms with E-state index >= 15 is 0 Å². The molecule has 7 nitrogen and oxygen atoms in total. The average molecular weight is 374 g/mol. The lowest BCUT2D eigenvalue weighted by Crippen LogP contribution is -1.92. The summed E-state index contributed by atoms with van der Waals surface area (Å²) in [5, 5.41) is 8.52. The molecule has 0 aliphatic rings. The molecule has 0 fully saturated rings. The van der Waals surface area contributed by atoms with Crippen LogP contribution in [0.25, 0.3) is 22.2 Å². The first-order valence-electron chi connectivity index (χ1n) is 6.36. The van der Waals surface area contributed by atoms with Crippen molar-refractivity contribution in [2.75, 3.05) is 0 Å². The van der Waals surface area contributed by atoms with Crippen LogP contribution < -0.4 is 11.5 Å². The van der Waals surface area contributed by atoms with Crippen molar-refractivity contribution in [2.45, 2.75) is 0 Å². The smallest absolute Gasteiger partial charge is 0.408 e. The van der Waals surface area contributed by atoms with Crippen molar-refractivity contribution < 1.29 is 8.83 Å². The van der Waals surface area contributed by atoms with Crippen molar-refractivity contribution >= 4 is 38.1 Å². The molecule has 0 saturated carbocycles. The molecule has 2 aromatic heterocycles. The molecule has 0 amide bonds. The van der Waals surface area contributed by atoms with E-state index in [0.717, 1.165) is 9.99 Å². The van der Waals surface area contributed by atoms with E-state index in [-0.39, 0.29) is 0 Å². The lowest BCUT2D eigenvalue weighted by atomic mass is 10.2. The fourth-order valence-electron chi connectivity index (χ4n) is 1.93. The van der Waals surface area contributed by atoms with Crippen LogP contribution in [0.15, 0.2) is 59.3 Å². The van der Waals surface area contributed by atoms with Crippen molar-refractivity contribution in [2.24, 2.45) is 0 Å². The first-order valence-corrected chi connectivity index (χ1v) is 7.16. The van der Waals surface area contributed by atoms with E-state index in [0.29, 0.717) is 22.2 Å². The monoisotopic (exact) mass is 373 g/mol. The summed E-state index contributed by atoms with van der Waals surface area (Å²) in [6, 6.07) is 12.1. The number of aromatic amines is 2. The molecule has 23 heavy (non-hydrogen) atoms. The molecule has 0 aliphatic carbocycles. The van der Waals surface area contributed by atoms with E-state index in [1.54, 1.807) is 24.3 Å². The number of nitriles is 1. The fourth-order valence-corrected chi connectivity index (χ4v) is 2.27. The lowest BCUT2D eigenvalue weighted by Gasteiger charge is -1.86. The molecule has 2 aromatic carbocycles. The molecule has 4 aromatic rings. The van der Waals surface area contributed by atoms with Crippen molar-refractivity contribution in [1.29, 1.82) is 5.26 Å². The number of nitrogens with one attached hydrogen (secondary N) is 2. The van der Waals surface area contributed by atoms with Gasteiger partial charge in [0.05, 0.1) is 22.7 Å². The molecule has 0 aliphatic heterocycles. The molecular weight excluding hydrogens is 366 g/mol. The quantitative estimate of drug-likeness (QED) is 0.491. The first kappa shape index (κ1) is 14.9. The normalized spacial score (nSPS) is 10.3. The highest BCUT2D eigenvalue weighted by Gasteiger charge is 2.00. The Balaban J connectivity index is 0.000000136. The standard InChI is InChI=1S/C8H4N2O2.C7H4BrNO2/c9-4-5-1-2-6-7(3-5)12-8(11)10-6;8-4-1-2-5-6(3-4)11-7(10)9-5/h1-3H,(H,10,11);1-3H,(H,9,10). The average Bonchev–Trinajstić information content (AvgIpc) is 3.07. The van der Waals surface area contributed by atoms with E-state index in [1.165, 1.54) is 6.07 Å². The van der Waals surface area contributed by atoms with E-state index in [2.05, 4.69) is 25.9 Å². The summed E-state index contributed by atoms with van der Waals surface area (Å²) in [7, 11) is 0. The van der Waals surface area contributed by atoms with E-state index < -0.39 is 11.5 Å². The Morgan fingerprint density at radius 3 is 2.09 bits per heavy atom. The Kier molecular flexibility index (Phi) is 3.87. The van der Waals surface area contributed by atoms with Crippen LogP contribution in [0, 0.1) is 11.3 Å². The zero-order valence-electron chi connectivity index (χ0n) is 11.4. The maximum Gasteiger partial charge on any atom is 0.417 e. The van der Waals surface area contributed by atoms with Crippen molar-refractivity contribution in [1.82, 2.24) is 9.97 Å². The van der Waals surface area contributed by atoms with Gasteiger partial charge in [-0.2, -0.15) is 5.26 Å². The third-order valence-electron chi connectivity index (χ3n) is 2.93. The van der Waals surface area contributed by atoms with Gasteiger partial charge in [-0.05, 0) is 30.3 Å².